The van der Waals surface area contributed by atoms with Gasteiger partial charge in [-0.1, -0.05) is 6.42 Å². The van der Waals surface area contributed by atoms with Gasteiger partial charge in [0, 0.05) is 30.8 Å². The first kappa shape index (κ1) is 18.0. The van der Waals surface area contributed by atoms with Gasteiger partial charge in [-0.25, -0.2) is 0 Å². The molecule has 2 fully saturated rings. The first-order valence-electron chi connectivity index (χ1n) is 8.35. The Labute approximate surface area is 143 Å². The van der Waals surface area contributed by atoms with Gasteiger partial charge in [0.05, 0.1) is 5.69 Å². The predicted molar refractivity (Wildman–Crippen MR) is 93.8 cm³/mol. The average molecular weight is 340 g/mol. The van der Waals surface area contributed by atoms with Gasteiger partial charge in [-0.2, -0.15) is 0 Å². The molecule has 2 aliphatic rings. The highest BCUT2D eigenvalue weighted by Gasteiger charge is 2.40. The van der Waals surface area contributed by atoms with E-state index in [9.17, 15) is 9.59 Å². The number of hydrogen-bond donors (Lipinski definition) is 2. The number of anilines is 1. The Morgan fingerprint density at radius 2 is 1.96 bits per heavy atom. The molecule has 0 aliphatic heterocycles. The van der Waals surface area contributed by atoms with E-state index in [0.717, 1.165) is 25.7 Å². The molecule has 23 heavy (non-hydrogen) atoms. The summed E-state index contributed by atoms with van der Waals surface area (Å²) in [5, 5.41) is 2.98. The van der Waals surface area contributed by atoms with Crippen LogP contribution in [0.1, 0.15) is 39.0 Å². The zero-order chi connectivity index (χ0) is 15.7. The molecule has 2 bridgehead atoms. The fourth-order valence-corrected chi connectivity index (χ4v) is 4.10. The normalized spacial score (nSPS) is 29.5. The Morgan fingerprint density at radius 1 is 1.30 bits per heavy atom. The number of halogens is 1. The summed E-state index contributed by atoms with van der Waals surface area (Å²) in [6.07, 6.45) is 7.08. The third kappa shape index (κ3) is 3.78. The van der Waals surface area contributed by atoms with E-state index in [2.05, 4.69) is 5.32 Å². The summed E-state index contributed by atoms with van der Waals surface area (Å²) in [4.78, 5) is 24.1. The Hall–Kier alpha value is -1.33. The van der Waals surface area contributed by atoms with Crippen LogP contribution in [0.5, 0.6) is 0 Å². The minimum atomic E-state index is -0.0429. The van der Waals surface area contributed by atoms with E-state index in [-0.39, 0.29) is 35.8 Å². The van der Waals surface area contributed by atoms with Gasteiger partial charge in [-0.05, 0) is 50.5 Å². The van der Waals surface area contributed by atoms with Crippen LogP contribution < -0.4 is 16.6 Å². The lowest BCUT2D eigenvalue weighted by molar-refractivity contribution is -0.122. The number of aromatic nitrogens is 1. The van der Waals surface area contributed by atoms with Crippen molar-refractivity contribution in [2.45, 2.75) is 51.6 Å². The van der Waals surface area contributed by atoms with Gasteiger partial charge in [0.2, 0.25) is 5.91 Å². The Kier molecular flexibility index (Phi) is 5.87. The summed E-state index contributed by atoms with van der Waals surface area (Å²) in [6, 6.07) is 3.46. The van der Waals surface area contributed by atoms with E-state index < -0.39 is 0 Å². The van der Waals surface area contributed by atoms with Gasteiger partial charge < -0.3 is 15.6 Å². The summed E-state index contributed by atoms with van der Waals surface area (Å²) < 4.78 is 1.60. The SMILES string of the molecule is CCn1cc(NC(=O)C2CC3CCCC(C2)C3N)ccc1=O.Cl. The molecule has 2 aliphatic carbocycles. The molecule has 1 aromatic heterocycles. The molecular weight excluding hydrogens is 314 g/mol. The highest BCUT2D eigenvalue weighted by Crippen LogP contribution is 2.42. The summed E-state index contributed by atoms with van der Waals surface area (Å²) >= 11 is 0. The molecule has 2 saturated carbocycles. The van der Waals surface area contributed by atoms with Crippen LogP contribution in [-0.2, 0) is 11.3 Å². The summed E-state index contributed by atoms with van der Waals surface area (Å²) in [7, 11) is 0. The first-order valence-corrected chi connectivity index (χ1v) is 8.35. The summed E-state index contributed by atoms with van der Waals surface area (Å²) in [5.41, 5.74) is 6.94. The summed E-state index contributed by atoms with van der Waals surface area (Å²) in [6.45, 7) is 2.52. The van der Waals surface area contributed by atoms with Crippen LogP contribution in [0.4, 0.5) is 5.69 Å². The molecule has 2 unspecified atom stereocenters. The number of nitrogens with two attached hydrogens (primary N) is 1. The number of fused-ring (bicyclic) bond motifs is 2. The van der Waals surface area contributed by atoms with Crippen LogP contribution >= 0.6 is 12.4 Å². The highest BCUT2D eigenvalue weighted by atomic mass is 35.5. The van der Waals surface area contributed by atoms with Crippen LogP contribution in [0, 0.1) is 17.8 Å². The van der Waals surface area contributed by atoms with Crippen molar-refractivity contribution in [2.24, 2.45) is 23.5 Å². The number of nitrogens with zero attached hydrogens (tertiary/aromatic N) is 1. The Morgan fingerprint density at radius 3 is 2.57 bits per heavy atom. The number of aryl methyl sites for hydroxylation is 1. The molecule has 0 spiro atoms. The number of hydrogen-bond acceptors (Lipinski definition) is 3. The zero-order valence-electron chi connectivity index (χ0n) is 13.5. The number of rotatable bonds is 3. The first-order chi connectivity index (χ1) is 10.6. The molecule has 3 N–H and O–H groups in total. The second-order valence-electron chi connectivity index (χ2n) is 6.73. The van der Waals surface area contributed by atoms with Crippen LogP contribution in [0.2, 0.25) is 0 Å². The topological polar surface area (TPSA) is 77.1 Å². The van der Waals surface area contributed by atoms with Gasteiger partial charge in [0.1, 0.15) is 0 Å². The largest absolute Gasteiger partial charge is 0.327 e. The lowest BCUT2D eigenvalue weighted by Gasteiger charge is -2.43. The van der Waals surface area contributed by atoms with Gasteiger partial charge >= 0.3 is 0 Å². The molecule has 1 heterocycles. The van der Waals surface area contributed by atoms with Gasteiger partial charge in [-0.3, -0.25) is 9.59 Å². The van der Waals surface area contributed by atoms with Crippen LogP contribution in [0.3, 0.4) is 0 Å². The lowest BCUT2D eigenvalue weighted by Crippen LogP contribution is -2.48. The minimum Gasteiger partial charge on any atom is -0.327 e. The maximum absolute atomic E-state index is 12.6. The van der Waals surface area contributed by atoms with Gasteiger partial charge in [-0.15, -0.1) is 12.4 Å². The number of carbonyl (C=O) groups excluding carboxylic acids is 1. The second kappa shape index (κ2) is 7.49. The van der Waals surface area contributed by atoms with E-state index in [1.165, 1.54) is 12.5 Å². The molecule has 1 aromatic rings. The highest BCUT2D eigenvalue weighted by molar-refractivity contribution is 5.92. The number of pyridine rings is 1. The molecule has 0 saturated heterocycles. The number of nitrogens with one attached hydrogen (secondary N) is 1. The predicted octanol–water partition coefficient (Wildman–Crippen LogP) is 2.38. The van der Waals surface area contributed by atoms with E-state index >= 15 is 0 Å². The van der Waals surface area contributed by atoms with E-state index in [4.69, 9.17) is 5.73 Å². The van der Waals surface area contributed by atoms with E-state index in [1.54, 1.807) is 16.8 Å². The van der Waals surface area contributed by atoms with Crippen molar-refractivity contribution in [1.82, 2.24) is 4.57 Å². The molecule has 2 atom stereocenters. The zero-order valence-corrected chi connectivity index (χ0v) is 14.3. The second-order valence-corrected chi connectivity index (χ2v) is 6.73. The van der Waals surface area contributed by atoms with Crippen molar-refractivity contribution in [3.63, 3.8) is 0 Å². The standard InChI is InChI=1S/C17H25N3O2.ClH/c1-2-20-10-14(6-7-15(20)21)19-17(22)13-8-11-4-3-5-12(9-13)16(11)18;/h6-7,10-13,16H,2-5,8-9,18H2,1H3,(H,19,22);1H. The molecule has 3 rings (SSSR count). The average Bonchev–Trinajstić information content (AvgIpc) is 2.48. The third-order valence-electron chi connectivity index (χ3n) is 5.38. The van der Waals surface area contributed by atoms with Crippen LogP contribution in [0.15, 0.2) is 23.1 Å². The molecule has 5 nitrogen and oxygen atoms in total. The molecular formula is C17H26ClN3O2. The van der Waals surface area contributed by atoms with Gasteiger partial charge in [0.15, 0.2) is 0 Å². The van der Waals surface area contributed by atoms with E-state index in [1.807, 2.05) is 6.92 Å². The fourth-order valence-electron chi connectivity index (χ4n) is 4.10. The maximum Gasteiger partial charge on any atom is 0.250 e. The lowest BCUT2D eigenvalue weighted by atomic mass is 9.65. The minimum absolute atomic E-state index is 0. The Balaban J connectivity index is 0.00000192. The van der Waals surface area contributed by atoms with Crippen LogP contribution in [0.25, 0.3) is 0 Å². The van der Waals surface area contributed by atoms with Crippen molar-refractivity contribution in [3.8, 4) is 0 Å². The van der Waals surface area contributed by atoms with Gasteiger partial charge in [0.25, 0.3) is 5.56 Å². The third-order valence-corrected chi connectivity index (χ3v) is 5.38. The molecule has 128 valence electrons. The number of carbonyl (C=O) groups is 1. The monoisotopic (exact) mass is 339 g/mol. The van der Waals surface area contributed by atoms with Crippen LogP contribution in [-0.4, -0.2) is 16.5 Å². The van der Waals surface area contributed by atoms with Crippen molar-refractivity contribution < 1.29 is 4.79 Å². The molecule has 1 amide bonds. The Bertz CT molecular complexity index is 602. The van der Waals surface area contributed by atoms with Crippen molar-refractivity contribution >= 4 is 24.0 Å². The number of amides is 1. The quantitative estimate of drug-likeness (QED) is 0.887. The van der Waals surface area contributed by atoms with E-state index in [0.29, 0.717) is 24.1 Å². The fraction of sp³-hybridized carbons (Fsp3) is 0.647. The summed E-state index contributed by atoms with van der Waals surface area (Å²) in [5.74, 6) is 1.11. The van der Waals surface area contributed by atoms with Crippen molar-refractivity contribution in [1.29, 1.82) is 0 Å². The molecule has 6 heteroatoms. The van der Waals surface area contributed by atoms with Crippen molar-refractivity contribution in [3.05, 3.63) is 28.7 Å². The molecule has 0 radical (unpaired) electrons. The van der Waals surface area contributed by atoms with Crippen molar-refractivity contribution in [2.75, 3.05) is 5.32 Å². The maximum atomic E-state index is 12.6. The smallest absolute Gasteiger partial charge is 0.250 e. The molecule has 0 aromatic carbocycles.